The third-order valence-corrected chi connectivity index (χ3v) is 3.45. The smallest absolute Gasteiger partial charge is 0.115 e. The molecular weight excluding hydrogens is 234 g/mol. The summed E-state index contributed by atoms with van der Waals surface area (Å²) in [4.78, 5) is 4.69. The average molecular weight is 252 g/mol. The first-order valence-electron chi connectivity index (χ1n) is 5.78. The van der Waals surface area contributed by atoms with Crippen molar-refractivity contribution in [3.8, 4) is 0 Å². The second-order valence-electron chi connectivity index (χ2n) is 5.05. The number of halogens is 1. The Balaban J connectivity index is 2.59. The molecule has 0 aliphatic rings. The van der Waals surface area contributed by atoms with E-state index in [-0.39, 0.29) is 5.41 Å². The Hall–Kier alpha value is -1.06. The lowest BCUT2D eigenvalue weighted by molar-refractivity contribution is 0.445. The van der Waals surface area contributed by atoms with Crippen molar-refractivity contribution in [3.05, 3.63) is 29.0 Å². The van der Waals surface area contributed by atoms with Crippen molar-refractivity contribution in [2.75, 3.05) is 6.54 Å². The van der Waals surface area contributed by atoms with Gasteiger partial charge in [0, 0.05) is 17.5 Å². The number of hydrogen-bond acceptors (Lipinski definition) is 2. The molecule has 0 fully saturated rings. The first kappa shape index (κ1) is 12.4. The number of aryl methyl sites for hydroxylation is 1. The first-order chi connectivity index (χ1) is 7.95. The summed E-state index contributed by atoms with van der Waals surface area (Å²) in [6.45, 7) is 5.00. The Morgan fingerprint density at radius 3 is 2.76 bits per heavy atom. The fourth-order valence-electron chi connectivity index (χ4n) is 2.25. The molecule has 0 aliphatic carbocycles. The van der Waals surface area contributed by atoms with Gasteiger partial charge in [0.25, 0.3) is 0 Å². The summed E-state index contributed by atoms with van der Waals surface area (Å²) in [5, 5.41) is 0.721. The molecule has 0 aliphatic heterocycles. The highest BCUT2D eigenvalue weighted by Crippen LogP contribution is 2.29. The van der Waals surface area contributed by atoms with E-state index in [4.69, 9.17) is 17.3 Å². The Bertz CT molecular complexity index is 543. The van der Waals surface area contributed by atoms with E-state index in [1.807, 2.05) is 25.2 Å². The third kappa shape index (κ3) is 2.17. The first-order valence-corrected chi connectivity index (χ1v) is 6.16. The monoisotopic (exact) mass is 251 g/mol. The molecule has 1 heterocycles. The highest BCUT2D eigenvalue weighted by Gasteiger charge is 2.25. The van der Waals surface area contributed by atoms with Gasteiger partial charge in [-0.25, -0.2) is 4.98 Å². The Labute approximate surface area is 107 Å². The van der Waals surface area contributed by atoms with Gasteiger partial charge in [-0.1, -0.05) is 25.4 Å². The van der Waals surface area contributed by atoms with Crippen molar-refractivity contribution in [1.82, 2.24) is 9.55 Å². The molecule has 0 saturated heterocycles. The lowest BCUT2D eigenvalue weighted by atomic mass is 9.88. The number of aromatic nitrogens is 2. The van der Waals surface area contributed by atoms with Gasteiger partial charge in [-0.3, -0.25) is 0 Å². The molecule has 4 heteroatoms. The second-order valence-corrected chi connectivity index (χ2v) is 5.49. The van der Waals surface area contributed by atoms with Crippen molar-refractivity contribution in [3.63, 3.8) is 0 Å². The Kier molecular flexibility index (Phi) is 3.15. The minimum absolute atomic E-state index is 0.0189. The zero-order valence-corrected chi connectivity index (χ0v) is 11.3. The molecule has 2 aromatic rings. The number of nitrogens with zero attached hydrogens (tertiary/aromatic N) is 2. The third-order valence-electron chi connectivity index (χ3n) is 3.22. The van der Waals surface area contributed by atoms with E-state index in [1.165, 1.54) is 0 Å². The van der Waals surface area contributed by atoms with Crippen molar-refractivity contribution >= 4 is 22.6 Å². The second kappa shape index (κ2) is 4.31. The summed E-state index contributed by atoms with van der Waals surface area (Å²) in [5.74, 6) is 1.06. The molecule has 17 heavy (non-hydrogen) atoms. The summed E-state index contributed by atoms with van der Waals surface area (Å²) in [6.07, 6.45) is 0.915. The topological polar surface area (TPSA) is 43.8 Å². The van der Waals surface area contributed by atoms with Gasteiger partial charge in [-0.2, -0.15) is 0 Å². The van der Waals surface area contributed by atoms with Crippen LogP contribution in [0.2, 0.25) is 5.02 Å². The SMILES string of the molecule is Cn1c(C(C)(C)CCN)nc2cc(Cl)ccc21. The number of rotatable bonds is 3. The van der Waals surface area contributed by atoms with Crippen molar-refractivity contribution < 1.29 is 0 Å². The van der Waals surface area contributed by atoms with Gasteiger partial charge in [-0.05, 0) is 31.2 Å². The van der Waals surface area contributed by atoms with Crippen LogP contribution in [0.1, 0.15) is 26.1 Å². The van der Waals surface area contributed by atoms with Gasteiger partial charge in [0.05, 0.1) is 11.0 Å². The molecule has 1 aromatic heterocycles. The van der Waals surface area contributed by atoms with Crippen LogP contribution < -0.4 is 5.73 Å². The molecule has 2 rings (SSSR count). The molecule has 0 saturated carbocycles. The normalized spacial score (nSPS) is 12.3. The minimum Gasteiger partial charge on any atom is -0.331 e. The zero-order valence-electron chi connectivity index (χ0n) is 10.5. The number of benzene rings is 1. The van der Waals surface area contributed by atoms with E-state index in [0.29, 0.717) is 6.54 Å². The zero-order chi connectivity index (χ0) is 12.6. The van der Waals surface area contributed by atoms with Crippen LogP contribution in [0, 0.1) is 0 Å². The maximum atomic E-state index is 5.99. The lowest BCUT2D eigenvalue weighted by Gasteiger charge is -2.23. The summed E-state index contributed by atoms with van der Waals surface area (Å²) in [7, 11) is 2.04. The van der Waals surface area contributed by atoms with Gasteiger partial charge in [0.1, 0.15) is 5.82 Å². The van der Waals surface area contributed by atoms with E-state index in [9.17, 15) is 0 Å². The van der Waals surface area contributed by atoms with Crippen LogP contribution in [0.5, 0.6) is 0 Å². The molecular formula is C13H18ClN3. The lowest BCUT2D eigenvalue weighted by Crippen LogP contribution is -2.25. The van der Waals surface area contributed by atoms with E-state index < -0.39 is 0 Å². The Morgan fingerprint density at radius 1 is 1.41 bits per heavy atom. The molecule has 0 spiro atoms. The predicted octanol–water partition coefficient (Wildman–Crippen LogP) is 2.85. The summed E-state index contributed by atoms with van der Waals surface area (Å²) in [6, 6.07) is 5.80. The van der Waals surface area contributed by atoms with E-state index in [0.717, 1.165) is 28.3 Å². The maximum Gasteiger partial charge on any atom is 0.115 e. The van der Waals surface area contributed by atoms with Crippen LogP contribution in [0.3, 0.4) is 0 Å². The predicted molar refractivity (Wildman–Crippen MR) is 72.4 cm³/mol. The van der Waals surface area contributed by atoms with E-state index >= 15 is 0 Å². The maximum absolute atomic E-state index is 5.99. The summed E-state index contributed by atoms with van der Waals surface area (Å²) >= 11 is 5.99. The molecule has 0 bridgehead atoms. The molecule has 3 nitrogen and oxygen atoms in total. The van der Waals surface area contributed by atoms with Crippen LogP contribution in [-0.2, 0) is 12.5 Å². The Morgan fingerprint density at radius 2 is 2.12 bits per heavy atom. The fourth-order valence-corrected chi connectivity index (χ4v) is 2.42. The highest BCUT2D eigenvalue weighted by atomic mass is 35.5. The minimum atomic E-state index is -0.0189. The van der Waals surface area contributed by atoms with Crippen molar-refractivity contribution in [1.29, 1.82) is 0 Å². The van der Waals surface area contributed by atoms with Gasteiger partial charge in [0.15, 0.2) is 0 Å². The number of hydrogen-bond donors (Lipinski definition) is 1. The summed E-state index contributed by atoms with van der Waals surface area (Å²) < 4.78 is 2.13. The average Bonchev–Trinajstić information content (AvgIpc) is 2.56. The molecule has 0 unspecified atom stereocenters. The van der Waals surface area contributed by atoms with Gasteiger partial charge in [0.2, 0.25) is 0 Å². The van der Waals surface area contributed by atoms with Crippen LogP contribution >= 0.6 is 11.6 Å². The van der Waals surface area contributed by atoms with Crippen LogP contribution in [-0.4, -0.2) is 16.1 Å². The molecule has 92 valence electrons. The molecule has 2 N–H and O–H groups in total. The number of imidazole rings is 1. The quantitative estimate of drug-likeness (QED) is 0.912. The molecule has 1 aromatic carbocycles. The van der Waals surface area contributed by atoms with Crippen LogP contribution in [0.25, 0.3) is 11.0 Å². The van der Waals surface area contributed by atoms with Crippen LogP contribution in [0.4, 0.5) is 0 Å². The molecule has 0 radical (unpaired) electrons. The van der Waals surface area contributed by atoms with E-state index in [1.54, 1.807) is 0 Å². The molecule has 0 amide bonds. The van der Waals surface area contributed by atoms with Gasteiger partial charge >= 0.3 is 0 Å². The van der Waals surface area contributed by atoms with Crippen LogP contribution in [0.15, 0.2) is 18.2 Å². The molecule has 0 atom stereocenters. The fraction of sp³-hybridized carbons (Fsp3) is 0.462. The van der Waals surface area contributed by atoms with Gasteiger partial charge < -0.3 is 10.3 Å². The van der Waals surface area contributed by atoms with E-state index in [2.05, 4.69) is 23.4 Å². The largest absolute Gasteiger partial charge is 0.331 e. The summed E-state index contributed by atoms with van der Waals surface area (Å²) in [5.41, 5.74) is 7.69. The number of nitrogens with two attached hydrogens (primary N) is 1. The van der Waals surface area contributed by atoms with Crippen molar-refractivity contribution in [2.45, 2.75) is 25.7 Å². The van der Waals surface area contributed by atoms with Gasteiger partial charge in [-0.15, -0.1) is 0 Å². The number of fused-ring (bicyclic) bond motifs is 1. The standard InChI is InChI=1S/C13H18ClN3/c1-13(2,6-7-15)12-16-10-8-9(14)4-5-11(10)17(12)3/h4-5,8H,6-7,15H2,1-3H3. The van der Waals surface area contributed by atoms with Crippen molar-refractivity contribution in [2.24, 2.45) is 12.8 Å². The highest BCUT2D eigenvalue weighted by molar-refractivity contribution is 6.31.